The second-order valence-corrected chi connectivity index (χ2v) is 5.87. The van der Waals surface area contributed by atoms with E-state index in [0.29, 0.717) is 17.7 Å². The van der Waals surface area contributed by atoms with Crippen LogP contribution >= 0.6 is 0 Å². The molecule has 0 aromatic heterocycles. The van der Waals surface area contributed by atoms with E-state index in [1.807, 2.05) is 0 Å². The van der Waals surface area contributed by atoms with E-state index in [2.05, 4.69) is 10.6 Å². The fraction of sp³-hybridized carbons (Fsp3) is 0. The van der Waals surface area contributed by atoms with Crippen LogP contribution in [0.2, 0.25) is 0 Å². The Hall–Kier alpha value is -4.06. The molecule has 0 fully saturated rings. The topological polar surface area (TPSA) is 92.3 Å². The van der Waals surface area contributed by atoms with Gasteiger partial charge in [0.15, 0.2) is 5.78 Å². The third-order valence-corrected chi connectivity index (χ3v) is 4.02. The van der Waals surface area contributed by atoms with Crippen molar-refractivity contribution >= 4 is 35.3 Å². The van der Waals surface area contributed by atoms with E-state index in [-0.39, 0.29) is 22.6 Å². The quantitative estimate of drug-likeness (QED) is 0.378. The second-order valence-electron chi connectivity index (χ2n) is 5.87. The Labute approximate surface area is 161 Å². The van der Waals surface area contributed by atoms with Crippen molar-refractivity contribution in [2.24, 2.45) is 0 Å². The molecule has 2 amide bonds. The van der Waals surface area contributed by atoms with Crippen LogP contribution in [0.25, 0.3) is 0 Å². The van der Waals surface area contributed by atoms with Gasteiger partial charge in [-0.2, -0.15) is 0 Å². The number of hydrogen-bond donors (Lipinski definition) is 2. The molecule has 0 aliphatic carbocycles. The first kappa shape index (κ1) is 18.7. The zero-order chi connectivity index (χ0) is 19.9. The lowest BCUT2D eigenvalue weighted by Crippen LogP contribution is -2.24. The molecule has 0 aliphatic heterocycles. The van der Waals surface area contributed by atoms with Crippen molar-refractivity contribution in [3.8, 4) is 0 Å². The lowest BCUT2D eigenvalue weighted by Gasteiger charge is -2.12. The highest BCUT2D eigenvalue weighted by molar-refractivity contribution is 6.46. The van der Waals surface area contributed by atoms with Gasteiger partial charge in [0.25, 0.3) is 11.7 Å². The minimum Gasteiger partial charge on any atom is -0.329 e. The number of hydrogen-bond acceptors (Lipinski definition) is 4. The standard InChI is InChI=1S/C22H16N2O4/c25-14-23-17-11-12-19(18(13-17)20(26)15-7-3-1-4-8-15)24-22(28)21(27)16-9-5-2-6-10-16/h1-14H,(H,23,25)(H,24,28). The molecule has 0 bridgehead atoms. The number of ketones is 2. The average Bonchev–Trinajstić information content (AvgIpc) is 2.75. The summed E-state index contributed by atoms with van der Waals surface area (Å²) in [5.74, 6) is -1.92. The third-order valence-electron chi connectivity index (χ3n) is 4.02. The lowest BCUT2D eigenvalue weighted by molar-refractivity contribution is -0.112. The summed E-state index contributed by atoms with van der Waals surface area (Å²) in [6.07, 6.45) is 0.489. The number of carbonyl (C=O) groups excluding carboxylic acids is 4. The Balaban J connectivity index is 1.94. The summed E-state index contributed by atoms with van der Waals surface area (Å²) in [5, 5.41) is 4.97. The van der Waals surface area contributed by atoms with Gasteiger partial charge in [-0.3, -0.25) is 19.2 Å². The highest BCUT2D eigenvalue weighted by atomic mass is 16.2. The average molecular weight is 372 g/mol. The first-order valence-corrected chi connectivity index (χ1v) is 8.45. The number of rotatable bonds is 7. The number of carbonyl (C=O) groups is 4. The fourth-order valence-electron chi connectivity index (χ4n) is 2.64. The highest BCUT2D eigenvalue weighted by Gasteiger charge is 2.20. The molecule has 0 aliphatic rings. The predicted molar refractivity (Wildman–Crippen MR) is 105 cm³/mol. The minimum atomic E-state index is -0.857. The molecule has 0 radical (unpaired) electrons. The molecule has 3 rings (SSSR count). The van der Waals surface area contributed by atoms with Gasteiger partial charge in [0.2, 0.25) is 6.41 Å². The highest BCUT2D eigenvalue weighted by Crippen LogP contribution is 2.24. The van der Waals surface area contributed by atoms with Gasteiger partial charge in [0.05, 0.1) is 5.69 Å². The van der Waals surface area contributed by atoms with Gasteiger partial charge in [0, 0.05) is 22.4 Å². The first-order chi connectivity index (χ1) is 13.6. The fourth-order valence-corrected chi connectivity index (χ4v) is 2.64. The van der Waals surface area contributed by atoms with E-state index in [1.165, 1.54) is 30.3 Å². The van der Waals surface area contributed by atoms with E-state index in [0.717, 1.165) is 0 Å². The Morgan fingerprint density at radius 3 is 1.96 bits per heavy atom. The van der Waals surface area contributed by atoms with E-state index in [9.17, 15) is 19.2 Å². The molecular formula is C22H16N2O4. The number of nitrogens with one attached hydrogen (secondary N) is 2. The maximum absolute atomic E-state index is 12.9. The molecule has 0 atom stereocenters. The minimum absolute atomic E-state index is 0.160. The van der Waals surface area contributed by atoms with Crippen LogP contribution in [0.4, 0.5) is 11.4 Å². The number of Topliss-reactive ketones (excluding diaryl/α,β-unsaturated/α-hetero) is 1. The van der Waals surface area contributed by atoms with Crippen molar-refractivity contribution in [2.75, 3.05) is 10.6 Å². The Morgan fingerprint density at radius 1 is 0.750 bits per heavy atom. The zero-order valence-corrected chi connectivity index (χ0v) is 14.7. The van der Waals surface area contributed by atoms with Gasteiger partial charge >= 0.3 is 0 Å². The Morgan fingerprint density at radius 2 is 1.36 bits per heavy atom. The van der Waals surface area contributed by atoms with Crippen LogP contribution in [0.5, 0.6) is 0 Å². The third kappa shape index (κ3) is 4.19. The normalized spacial score (nSPS) is 10.0. The van der Waals surface area contributed by atoms with Crippen molar-refractivity contribution in [1.82, 2.24) is 0 Å². The zero-order valence-electron chi connectivity index (χ0n) is 14.7. The largest absolute Gasteiger partial charge is 0.329 e. The second kappa shape index (κ2) is 8.55. The van der Waals surface area contributed by atoms with E-state index in [4.69, 9.17) is 0 Å². The van der Waals surface area contributed by atoms with Gasteiger partial charge in [-0.15, -0.1) is 0 Å². The molecule has 28 heavy (non-hydrogen) atoms. The van der Waals surface area contributed by atoms with Crippen LogP contribution in [0.15, 0.2) is 78.9 Å². The van der Waals surface area contributed by atoms with Crippen LogP contribution in [-0.4, -0.2) is 23.9 Å². The lowest BCUT2D eigenvalue weighted by atomic mass is 10.0. The SMILES string of the molecule is O=CNc1ccc(NC(=O)C(=O)c2ccccc2)c(C(=O)c2ccccc2)c1. The summed E-state index contributed by atoms with van der Waals surface area (Å²) in [4.78, 5) is 48.3. The predicted octanol–water partition coefficient (Wildman–Crippen LogP) is 3.31. The summed E-state index contributed by atoms with van der Waals surface area (Å²) in [7, 11) is 0. The van der Waals surface area contributed by atoms with Crippen molar-refractivity contribution < 1.29 is 19.2 Å². The summed E-state index contributed by atoms with van der Waals surface area (Å²) >= 11 is 0. The van der Waals surface area contributed by atoms with Gasteiger partial charge < -0.3 is 10.6 Å². The Kier molecular flexibility index (Phi) is 5.72. The Bertz CT molecular complexity index is 1030. The summed E-state index contributed by atoms with van der Waals surface area (Å²) in [6.45, 7) is 0. The van der Waals surface area contributed by atoms with Crippen molar-refractivity contribution in [2.45, 2.75) is 0 Å². The van der Waals surface area contributed by atoms with E-state index < -0.39 is 11.7 Å². The monoisotopic (exact) mass is 372 g/mol. The number of anilines is 2. The van der Waals surface area contributed by atoms with E-state index >= 15 is 0 Å². The van der Waals surface area contributed by atoms with Gasteiger partial charge in [0.1, 0.15) is 0 Å². The smallest absolute Gasteiger partial charge is 0.296 e. The van der Waals surface area contributed by atoms with Gasteiger partial charge in [-0.1, -0.05) is 60.7 Å². The maximum Gasteiger partial charge on any atom is 0.296 e. The maximum atomic E-state index is 12.9. The number of amides is 2. The molecule has 0 saturated heterocycles. The van der Waals surface area contributed by atoms with Gasteiger partial charge in [-0.25, -0.2) is 0 Å². The molecule has 0 unspecified atom stereocenters. The molecule has 3 aromatic carbocycles. The van der Waals surface area contributed by atoms with Crippen LogP contribution in [0, 0.1) is 0 Å². The molecule has 3 aromatic rings. The van der Waals surface area contributed by atoms with Crippen LogP contribution in [-0.2, 0) is 9.59 Å². The molecule has 0 saturated carbocycles. The molecule has 0 spiro atoms. The number of benzene rings is 3. The molecule has 138 valence electrons. The van der Waals surface area contributed by atoms with Gasteiger partial charge in [-0.05, 0) is 18.2 Å². The van der Waals surface area contributed by atoms with Crippen molar-refractivity contribution in [3.63, 3.8) is 0 Å². The molecule has 0 heterocycles. The molecular weight excluding hydrogens is 356 g/mol. The van der Waals surface area contributed by atoms with Crippen LogP contribution < -0.4 is 10.6 Å². The summed E-state index contributed by atoms with van der Waals surface area (Å²) in [6, 6.07) is 21.1. The molecule has 2 N–H and O–H groups in total. The molecule has 6 heteroatoms. The van der Waals surface area contributed by atoms with Crippen molar-refractivity contribution in [3.05, 3.63) is 95.6 Å². The summed E-state index contributed by atoms with van der Waals surface area (Å²) < 4.78 is 0. The molecule has 6 nitrogen and oxygen atoms in total. The van der Waals surface area contributed by atoms with Crippen LogP contribution in [0.3, 0.4) is 0 Å². The van der Waals surface area contributed by atoms with Crippen LogP contribution in [0.1, 0.15) is 26.3 Å². The summed E-state index contributed by atoms with van der Waals surface area (Å²) in [5.41, 5.74) is 1.39. The van der Waals surface area contributed by atoms with Crippen molar-refractivity contribution in [1.29, 1.82) is 0 Å². The first-order valence-electron chi connectivity index (χ1n) is 8.45. The van der Waals surface area contributed by atoms with E-state index in [1.54, 1.807) is 48.5 Å².